The maximum atomic E-state index is 13.0. The van der Waals surface area contributed by atoms with Crippen LogP contribution in [0.15, 0.2) is 54.1 Å². The van der Waals surface area contributed by atoms with Crippen LogP contribution < -0.4 is 19.3 Å². The molecule has 2 aliphatic heterocycles. The second-order valence-corrected chi connectivity index (χ2v) is 9.65. The third-order valence-corrected chi connectivity index (χ3v) is 7.24. The summed E-state index contributed by atoms with van der Waals surface area (Å²) in [5.74, 6) is -2.80. The standard InChI is InChI=1S/C27H25N3O8/c1-15-6-8-20-21(10-15)26(33)29(25(20)32)17-4-3-5-19(12-17)38-27(34)16-11-24(31)28(14-16)22-9-7-18(30(35)36)13-23(22)37-2/h3-7,9,12-13,16,20-21H,8,10-11,14H2,1-2H3/t16-,20+,21-/m1/s1. The van der Waals surface area contributed by atoms with Crippen molar-refractivity contribution >= 4 is 40.8 Å². The minimum Gasteiger partial charge on any atom is -0.494 e. The van der Waals surface area contributed by atoms with E-state index in [-0.39, 0.29) is 59.7 Å². The second kappa shape index (κ2) is 9.73. The van der Waals surface area contributed by atoms with Gasteiger partial charge < -0.3 is 14.4 Å². The summed E-state index contributed by atoms with van der Waals surface area (Å²) in [5, 5.41) is 11.1. The molecule has 3 aliphatic rings. The van der Waals surface area contributed by atoms with Crippen molar-refractivity contribution in [3.05, 3.63) is 64.2 Å². The molecule has 11 heteroatoms. The first-order valence-electron chi connectivity index (χ1n) is 12.2. The third-order valence-electron chi connectivity index (χ3n) is 7.24. The van der Waals surface area contributed by atoms with Gasteiger partial charge in [0.1, 0.15) is 11.5 Å². The monoisotopic (exact) mass is 519 g/mol. The molecule has 0 bridgehead atoms. The summed E-state index contributed by atoms with van der Waals surface area (Å²) >= 11 is 0. The Morgan fingerprint density at radius 1 is 1.05 bits per heavy atom. The van der Waals surface area contributed by atoms with Crippen LogP contribution in [0.2, 0.25) is 0 Å². The molecule has 0 saturated carbocycles. The molecule has 5 rings (SSSR count). The van der Waals surface area contributed by atoms with Gasteiger partial charge in [-0.2, -0.15) is 0 Å². The molecule has 0 aromatic heterocycles. The molecule has 38 heavy (non-hydrogen) atoms. The molecule has 2 saturated heterocycles. The molecule has 11 nitrogen and oxygen atoms in total. The number of amides is 3. The van der Waals surface area contributed by atoms with Crippen LogP contribution in [-0.2, 0) is 19.2 Å². The molecular weight excluding hydrogens is 494 g/mol. The van der Waals surface area contributed by atoms with Crippen LogP contribution in [0.3, 0.4) is 0 Å². The maximum Gasteiger partial charge on any atom is 0.316 e. The molecule has 2 heterocycles. The lowest BCUT2D eigenvalue weighted by atomic mass is 9.82. The summed E-state index contributed by atoms with van der Waals surface area (Å²) in [6.45, 7) is 1.95. The van der Waals surface area contributed by atoms with Gasteiger partial charge in [-0.05, 0) is 38.0 Å². The Labute approximate surface area is 217 Å². The highest BCUT2D eigenvalue weighted by molar-refractivity contribution is 6.22. The van der Waals surface area contributed by atoms with E-state index in [0.717, 1.165) is 5.57 Å². The number of imide groups is 1. The molecule has 2 fully saturated rings. The number of benzene rings is 2. The first-order chi connectivity index (χ1) is 18.2. The lowest BCUT2D eigenvalue weighted by Gasteiger charge is -2.19. The zero-order chi connectivity index (χ0) is 27.1. The second-order valence-electron chi connectivity index (χ2n) is 9.65. The number of methoxy groups -OCH3 is 1. The lowest BCUT2D eigenvalue weighted by molar-refractivity contribution is -0.384. The van der Waals surface area contributed by atoms with Crippen molar-refractivity contribution < 1.29 is 33.6 Å². The number of nitro benzene ring substituents is 1. The zero-order valence-electron chi connectivity index (χ0n) is 20.8. The average molecular weight is 520 g/mol. The van der Waals surface area contributed by atoms with Crippen LogP contribution in [-0.4, -0.2) is 42.3 Å². The molecule has 3 amide bonds. The number of carbonyl (C=O) groups excluding carboxylic acids is 4. The predicted octanol–water partition coefficient (Wildman–Crippen LogP) is 3.41. The Balaban J connectivity index is 1.30. The summed E-state index contributed by atoms with van der Waals surface area (Å²) in [6.07, 6.45) is 2.95. The number of ether oxygens (including phenoxy) is 2. The fourth-order valence-electron chi connectivity index (χ4n) is 5.28. The van der Waals surface area contributed by atoms with E-state index in [9.17, 15) is 29.3 Å². The number of carbonyl (C=O) groups is 4. The molecule has 0 radical (unpaired) electrons. The Bertz CT molecular complexity index is 1400. The van der Waals surface area contributed by atoms with Crippen molar-refractivity contribution in [2.45, 2.75) is 26.2 Å². The fourth-order valence-corrected chi connectivity index (χ4v) is 5.28. The van der Waals surface area contributed by atoms with Gasteiger partial charge in [-0.15, -0.1) is 0 Å². The highest BCUT2D eigenvalue weighted by atomic mass is 16.6. The van der Waals surface area contributed by atoms with Crippen LogP contribution >= 0.6 is 0 Å². The third kappa shape index (κ3) is 4.40. The van der Waals surface area contributed by atoms with E-state index in [1.54, 1.807) is 18.2 Å². The van der Waals surface area contributed by atoms with Gasteiger partial charge in [-0.25, -0.2) is 4.90 Å². The number of esters is 1. The first kappa shape index (κ1) is 25.1. The van der Waals surface area contributed by atoms with E-state index in [2.05, 4.69) is 0 Å². The predicted molar refractivity (Wildman–Crippen MR) is 135 cm³/mol. The number of hydrogen-bond acceptors (Lipinski definition) is 8. The topological polar surface area (TPSA) is 136 Å². The molecular formula is C27H25N3O8. The molecule has 1 aliphatic carbocycles. The largest absolute Gasteiger partial charge is 0.494 e. The molecule has 0 N–H and O–H groups in total. The van der Waals surface area contributed by atoms with Crippen molar-refractivity contribution in [1.29, 1.82) is 0 Å². The highest BCUT2D eigenvalue weighted by Crippen LogP contribution is 2.41. The van der Waals surface area contributed by atoms with Crippen molar-refractivity contribution in [2.24, 2.45) is 17.8 Å². The number of allylic oxidation sites excluding steroid dienone is 2. The van der Waals surface area contributed by atoms with Gasteiger partial charge in [0.2, 0.25) is 17.7 Å². The highest BCUT2D eigenvalue weighted by Gasteiger charge is 2.48. The minimum atomic E-state index is -0.793. The van der Waals surface area contributed by atoms with Crippen molar-refractivity contribution in [3.63, 3.8) is 0 Å². The van der Waals surface area contributed by atoms with E-state index in [4.69, 9.17) is 9.47 Å². The van der Waals surface area contributed by atoms with E-state index < -0.39 is 16.8 Å². The number of rotatable bonds is 6. The molecule has 2 aromatic carbocycles. The normalized spacial score (nSPS) is 22.8. The van der Waals surface area contributed by atoms with Crippen LogP contribution in [0.5, 0.6) is 11.5 Å². The Morgan fingerprint density at radius 3 is 2.55 bits per heavy atom. The summed E-state index contributed by atoms with van der Waals surface area (Å²) in [4.78, 5) is 64.7. The van der Waals surface area contributed by atoms with Gasteiger partial charge in [0.15, 0.2) is 0 Å². The van der Waals surface area contributed by atoms with Crippen molar-refractivity contribution in [2.75, 3.05) is 23.5 Å². The average Bonchev–Trinajstić information content (AvgIpc) is 3.40. The maximum absolute atomic E-state index is 13.0. The van der Waals surface area contributed by atoms with E-state index >= 15 is 0 Å². The summed E-state index contributed by atoms with van der Waals surface area (Å²) in [6, 6.07) is 10.1. The van der Waals surface area contributed by atoms with Crippen LogP contribution in [0.1, 0.15) is 26.2 Å². The van der Waals surface area contributed by atoms with E-state index in [1.807, 2.05) is 13.0 Å². The fraction of sp³-hybridized carbons (Fsp3) is 0.333. The molecule has 0 unspecified atom stereocenters. The summed E-state index contributed by atoms with van der Waals surface area (Å²) < 4.78 is 10.8. The Kier molecular flexibility index (Phi) is 6.43. The van der Waals surface area contributed by atoms with Gasteiger partial charge >= 0.3 is 5.97 Å². The summed E-state index contributed by atoms with van der Waals surface area (Å²) in [7, 11) is 1.34. The van der Waals surface area contributed by atoms with Gasteiger partial charge in [-0.1, -0.05) is 17.7 Å². The SMILES string of the molecule is COc1cc([N+](=O)[O-])ccc1N1C[C@H](C(=O)Oc2cccc(N3C(=O)[C@H]4CC=C(C)C[C@H]4C3=O)c2)CC1=O. The number of nitro groups is 1. The van der Waals surface area contributed by atoms with Gasteiger partial charge in [0.25, 0.3) is 5.69 Å². The minimum absolute atomic E-state index is 0.00430. The number of nitrogens with zero attached hydrogens (tertiary/aromatic N) is 3. The number of hydrogen-bond donors (Lipinski definition) is 0. The smallest absolute Gasteiger partial charge is 0.316 e. The van der Waals surface area contributed by atoms with Crippen molar-refractivity contribution in [1.82, 2.24) is 0 Å². The zero-order valence-corrected chi connectivity index (χ0v) is 20.8. The lowest BCUT2D eigenvalue weighted by Crippen LogP contribution is -2.31. The molecule has 2 aromatic rings. The first-order valence-corrected chi connectivity index (χ1v) is 12.2. The van der Waals surface area contributed by atoms with E-state index in [1.165, 1.54) is 41.2 Å². The number of non-ortho nitro benzene ring substituents is 1. The van der Waals surface area contributed by atoms with Crippen LogP contribution in [0, 0.1) is 27.9 Å². The van der Waals surface area contributed by atoms with Gasteiger partial charge in [0, 0.05) is 25.1 Å². The van der Waals surface area contributed by atoms with Crippen LogP contribution in [0.25, 0.3) is 0 Å². The number of anilines is 2. The molecule has 196 valence electrons. The summed E-state index contributed by atoms with van der Waals surface area (Å²) in [5.41, 5.74) is 1.55. The van der Waals surface area contributed by atoms with E-state index in [0.29, 0.717) is 24.2 Å². The number of fused-ring (bicyclic) bond motifs is 1. The molecule has 3 atom stereocenters. The van der Waals surface area contributed by atoms with Crippen molar-refractivity contribution in [3.8, 4) is 11.5 Å². The Hall–Kier alpha value is -4.54. The van der Waals surface area contributed by atoms with Gasteiger partial charge in [0.05, 0.1) is 47.2 Å². The van der Waals surface area contributed by atoms with Gasteiger partial charge in [-0.3, -0.25) is 29.3 Å². The Morgan fingerprint density at radius 2 is 1.82 bits per heavy atom. The molecule has 0 spiro atoms. The van der Waals surface area contributed by atoms with Crippen LogP contribution in [0.4, 0.5) is 17.1 Å². The quantitative estimate of drug-likeness (QED) is 0.141.